The zero-order valence-electron chi connectivity index (χ0n) is 15.7. The predicted molar refractivity (Wildman–Crippen MR) is 102 cm³/mol. The van der Waals surface area contributed by atoms with Gasteiger partial charge in [-0.05, 0) is 0 Å². The summed E-state index contributed by atoms with van der Waals surface area (Å²) in [5.74, 6) is 0. The molecule has 0 atom stereocenters. The van der Waals surface area contributed by atoms with Crippen molar-refractivity contribution < 1.29 is 19.2 Å². The number of hydrogen-bond donors (Lipinski definition) is 3. The molecule has 0 aliphatic rings. The van der Waals surface area contributed by atoms with Gasteiger partial charge in [0.05, 0.1) is 0 Å². The minimum absolute atomic E-state index is 1.20. The minimum atomic E-state index is -4.64. The molecule has 24 heavy (non-hydrogen) atoms. The van der Waals surface area contributed by atoms with Gasteiger partial charge in [0.25, 0.3) is 0 Å². The molecule has 1 aromatic carbocycles. The summed E-state index contributed by atoms with van der Waals surface area (Å²) in [6.07, 6.45) is 11.9. The average molecular weight is 366 g/mol. The minimum Gasteiger partial charge on any atom is -0.303 e. The molecule has 0 fully saturated rings. The van der Waals surface area contributed by atoms with E-state index in [0.717, 1.165) is 0 Å². The maximum Gasteiger partial charge on any atom is 0.466 e. The third-order valence-corrected chi connectivity index (χ3v) is 5.06. The normalized spacial score (nSPS) is 11.2. The van der Waals surface area contributed by atoms with Crippen molar-refractivity contribution in [2.75, 3.05) is 0 Å². The van der Waals surface area contributed by atoms with E-state index in [1.165, 1.54) is 85.7 Å². The van der Waals surface area contributed by atoms with Gasteiger partial charge in [-0.2, -0.15) is 0 Å². The SMILES string of the molecule is CCCCc1cc[c]([Na])c(CCCC)c1CCCC.O=P(O)(O)O. The van der Waals surface area contributed by atoms with Crippen molar-refractivity contribution in [1.82, 2.24) is 0 Å². The second-order valence-corrected chi connectivity index (χ2v) is 8.43. The molecule has 6 heteroatoms. The van der Waals surface area contributed by atoms with E-state index in [-0.39, 0.29) is 0 Å². The summed E-state index contributed by atoms with van der Waals surface area (Å²) < 4.78 is 10.5. The molecule has 0 radical (unpaired) electrons. The average Bonchev–Trinajstić information content (AvgIpc) is 2.49. The molecule has 0 saturated heterocycles. The van der Waals surface area contributed by atoms with Gasteiger partial charge in [-0.3, -0.25) is 0 Å². The van der Waals surface area contributed by atoms with Crippen LogP contribution in [-0.4, -0.2) is 42.6 Å². The van der Waals surface area contributed by atoms with Crippen LogP contribution in [0, 0.1) is 0 Å². The molecule has 0 aromatic heterocycles. The standard InChI is InChI=1S/C18H29.Na.H3O4P/c1-4-7-11-16-13-10-14-17(12-8-5-2)18(16)15-9-6-3;;1-5(2,3)4/h10,13H,4-9,11-12,15H2,1-3H3;;(H3,1,2,3,4). The molecule has 0 amide bonds. The van der Waals surface area contributed by atoms with E-state index in [1.807, 2.05) is 0 Å². The van der Waals surface area contributed by atoms with Gasteiger partial charge in [-0.25, -0.2) is 4.57 Å². The van der Waals surface area contributed by atoms with Crippen molar-refractivity contribution in [1.29, 1.82) is 0 Å². The Morgan fingerprint density at radius 2 is 1.25 bits per heavy atom. The number of phosphoric acid groups is 1. The van der Waals surface area contributed by atoms with Crippen molar-refractivity contribution in [3.05, 3.63) is 28.8 Å². The number of rotatable bonds is 9. The maximum atomic E-state index is 8.88. The molecular weight excluding hydrogens is 334 g/mol. The molecular formula is C18H32NaO4P. The Hall–Kier alpha value is 0.330. The molecule has 0 spiro atoms. The quantitative estimate of drug-likeness (QED) is 0.461. The van der Waals surface area contributed by atoms with E-state index >= 15 is 0 Å². The molecule has 0 saturated carbocycles. The van der Waals surface area contributed by atoms with Crippen molar-refractivity contribution >= 4 is 38.6 Å². The molecule has 0 heterocycles. The van der Waals surface area contributed by atoms with Crippen LogP contribution in [0.4, 0.5) is 0 Å². The predicted octanol–water partition coefficient (Wildman–Crippen LogP) is 3.58. The van der Waals surface area contributed by atoms with Crippen LogP contribution in [-0.2, 0) is 23.8 Å². The van der Waals surface area contributed by atoms with Crippen LogP contribution >= 0.6 is 7.82 Å². The molecule has 1 aromatic rings. The largest absolute Gasteiger partial charge is 0.466 e. The molecule has 134 valence electrons. The Morgan fingerprint density at radius 1 is 0.833 bits per heavy atom. The number of hydrogen-bond acceptors (Lipinski definition) is 1. The molecule has 0 aliphatic heterocycles. The van der Waals surface area contributed by atoms with Gasteiger partial charge in [0.15, 0.2) is 0 Å². The van der Waals surface area contributed by atoms with Crippen LogP contribution in [0.15, 0.2) is 12.1 Å². The zero-order valence-corrected chi connectivity index (χ0v) is 18.6. The van der Waals surface area contributed by atoms with Crippen LogP contribution in [0.1, 0.15) is 76.0 Å². The van der Waals surface area contributed by atoms with Gasteiger partial charge < -0.3 is 14.7 Å². The Kier molecular flexibility index (Phi) is 13.7. The number of unbranched alkanes of at least 4 members (excludes halogenated alkanes) is 3. The molecule has 0 bridgehead atoms. The Morgan fingerprint density at radius 3 is 1.71 bits per heavy atom. The Bertz CT molecular complexity index is 506. The number of aryl methyl sites for hydroxylation is 1. The third-order valence-electron chi connectivity index (χ3n) is 4.12. The second kappa shape index (κ2) is 13.5. The molecule has 1 rings (SSSR count). The monoisotopic (exact) mass is 366 g/mol. The molecule has 4 nitrogen and oxygen atoms in total. The summed E-state index contributed by atoms with van der Waals surface area (Å²) in [7, 11) is -4.64. The van der Waals surface area contributed by atoms with Crippen LogP contribution in [0.3, 0.4) is 0 Å². The van der Waals surface area contributed by atoms with Crippen molar-refractivity contribution in [3.63, 3.8) is 0 Å². The van der Waals surface area contributed by atoms with Gasteiger partial charge in [-0.1, -0.05) is 0 Å². The third kappa shape index (κ3) is 11.8. The first kappa shape index (κ1) is 24.3. The fourth-order valence-electron chi connectivity index (χ4n) is 2.83. The summed E-state index contributed by atoms with van der Waals surface area (Å²) in [5, 5.41) is 0. The van der Waals surface area contributed by atoms with E-state index in [9.17, 15) is 0 Å². The maximum absolute atomic E-state index is 8.88. The van der Waals surface area contributed by atoms with Gasteiger partial charge in [0, 0.05) is 0 Å². The van der Waals surface area contributed by atoms with E-state index in [0.29, 0.717) is 0 Å². The summed E-state index contributed by atoms with van der Waals surface area (Å²) in [6, 6.07) is 4.84. The van der Waals surface area contributed by atoms with Gasteiger partial charge in [0.1, 0.15) is 0 Å². The summed E-state index contributed by atoms with van der Waals surface area (Å²) in [6.45, 7) is 6.91. The van der Waals surface area contributed by atoms with E-state index < -0.39 is 7.82 Å². The smallest absolute Gasteiger partial charge is 0.303 e. The Balaban J connectivity index is 0.000000922. The summed E-state index contributed by atoms with van der Waals surface area (Å²) in [5.41, 5.74) is 5.12. The van der Waals surface area contributed by atoms with E-state index in [1.54, 1.807) is 19.5 Å². The van der Waals surface area contributed by atoms with Crippen molar-refractivity contribution in [2.24, 2.45) is 0 Å². The van der Waals surface area contributed by atoms with Crippen molar-refractivity contribution in [3.8, 4) is 0 Å². The van der Waals surface area contributed by atoms with E-state index in [4.69, 9.17) is 19.2 Å². The van der Waals surface area contributed by atoms with Gasteiger partial charge in [-0.15, -0.1) is 0 Å². The number of benzene rings is 1. The first-order chi connectivity index (χ1) is 11.2. The topological polar surface area (TPSA) is 77.8 Å². The molecule has 0 aliphatic carbocycles. The zero-order chi connectivity index (χ0) is 18.6. The fourth-order valence-corrected chi connectivity index (χ4v) is 3.55. The van der Waals surface area contributed by atoms with E-state index in [2.05, 4.69) is 32.9 Å². The summed E-state index contributed by atoms with van der Waals surface area (Å²) >= 11 is 1.20. The van der Waals surface area contributed by atoms with Crippen LogP contribution < -0.4 is 2.81 Å². The van der Waals surface area contributed by atoms with Crippen LogP contribution in [0.2, 0.25) is 0 Å². The van der Waals surface area contributed by atoms with Crippen molar-refractivity contribution in [2.45, 2.75) is 78.6 Å². The molecule has 0 unspecified atom stereocenters. The first-order valence-electron chi connectivity index (χ1n) is 9.13. The Labute approximate surface area is 164 Å². The van der Waals surface area contributed by atoms with Crippen LogP contribution in [0.25, 0.3) is 0 Å². The van der Waals surface area contributed by atoms with Gasteiger partial charge >= 0.3 is 146 Å². The van der Waals surface area contributed by atoms with Gasteiger partial charge in [0.2, 0.25) is 0 Å². The first-order valence-corrected chi connectivity index (χ1v) is 11.7. The molecule has 3 N–H and O–H groups in total. The fraction of sp³-hybridized carbons (Fsp3) is 0.667. The summed E-state index contributed by atoms with van der Waals surface area (Å²) in [4.78, 5) is 21.6. The van der Waals surface area contributed by atoms with Crippen LogP contribution in [0.5, 0.6) is 0 Å². The second-order valence-electron chi connectivity index (χ2n) is 6.32.